The van der Waals surface area contributed by atoms with Gasteiger partial charge in [-0.1, -0.05) is 24.3 Å². The predicted octanol–water partition coefficient (Wildman–Crippen LogP) is 4.67. The van der Waals surface area contributed by atoms with E-state index in [1.54, 1.807) is 47.4 Å². The van der Waals surface area contributed by atoms with Crippen LogP contribution in [0.3, 0.4) is 0 Å². The lowest BCUT2D eigenvalue weighted by Gasteiger charge is -2.40. The van der Waals surface area contributed by atoms with Crippen LogP contribution in [0.4, 0.5) is 9.18 Å². The summed E-state index contributed by atoms with van der Waals surface area (Å²) in [6, 6.07) is 17.6. The van der Waals surface area contributed by atoms with Crippen LogP contribution >= 0.6 is 0 Å². The first-order chi connectivity index (χ1) is 19.3. The molecular formula is C31H32FN3O5. The molecule has 0 aromatic heterocycles. The van der Waals surface area contributed by atoms with Crippen molar-refractivity contribution in [1.82, 2.24) is 10.2 Å². The zero-order valence-electron chi connectivity index (χ0n) is 22.7. The van der Waals surface area contributed by atoms with Crippen molar-refractivity contribution in [1.29, 1.82) is 5.26 Å². The van der Waals surface area contributed by atoms with E-state index in [4.69, 9.17) is 14.2 Å². The summed E-state index contributed by atoms with van der Waals surface area (Å²) < 4.78 is 31.5. The molecule has 3 aromatic rings. The highest BCUT2D eigenvalue weighted by molar-refractivity contribution is 5.76. The van der Waals surface area contributed by atoms with E-state index in [0.717, 1.165) is 12.0 Å². The van der Waals surface area contributed by atoms with E-state index in [1.165, 1.54) is 33.5 Å². The second kappa shape index (κ2) is 11.1. The van der Waals surface area contributed by atoms with Crippen LogP contribution < -0.4 is 19.5 Å². The largest absolute Gasteiger partial charge is 0.496 e. The molecule has 2 amide bonds. The Balaban J connectivity index is 1.76. The Morgan fingerprint density at radius 2 is 1.70 bits per heavy atom. The Hall–Kier alpha value is -4.29. The summed E-state index contributed by atoms with van der Waals surface area (Å²) in [5, 5.41) is 25.6. The van der Waals surface area contributed by atoms with Gasteiger partial charge >= 0.3 is 6.03 Å². The second-order valence-corrected chi connectivity index (χ2v) is 10.2. The molecule has 1 heterocycles. The smallest absolute Gasteiger partial charge is 0.317 e. The maximum absolute atomic E-state index is 14.5. The average molecular weight is 546 g/mol. The summed E-state index contributed by atoms with van der Waals surface area (Å²) in [5.41, 5.74) is 0.445. The monoisotopic (exact) mass is 545 g/mol. The molecule has 0 bridgehead atoms. The summed E-state index contributed by atoms with van der Waals surface area (Å²) in [5.74, 6) is -0.378. The number of urea groups is 1. The third-order valence-corrected chi connectivity index (χ3v) is 8.13. The van der Waals surface area contributed by atoms with Crippen molar-refractivity contribution in [3.05, 3.63) is 88.7 Å². The maximum Gasteiger partial charge on any atom is 0.317 e. The molecule has 9 heteroatoms. The lowest BCUT2D eigenvalue weighted by atomic mass is 9.73. The van der Waals surface area contributed by atoms with Gasteiger partial charge in [-0.3, -0.25) is 0 Å². The molecular weight excluding hydrogens is 513 g/mol. The van der Waals surface area contributed by atoms with E-state index in [0.29, 0.717) is 53.4 Å². The molecule has 2 fully saturated rings. The van der Waals surface area contributed by atoms with Gasteiger partial charge in [0.05, 0.1) is 44.6 Å². The van der Waals surface area contributed by atoms with Crippen LogP contribution in [0.25, 0.3) is 0 Å². The van der Waals surface area contributed by atoms with Gasteiger partial charge in [0.15, 0.2) is 0 Å². The Morgan fingerprint density at radius 3 is 2.23 bits per heavy atom. The number of nitrogens with zero attached hydrogens (tertiary/aromatic N) is 2. The molecule has 1 saturated carbocycles. The minimum atomic E-state index is -1.77. The number of ether oxygens (including phenoxy) is 3. The fourth-order valence-corrected chi connectivity index (χ4v) is 6.07. The number of carbonyl (C=O) groups is 1. The number of halogens is 1. The number of carbonyl (C=O) groups excluding carboxylic acids is 1. The highest BCUT2D eigenvalue weighted by Crippen LogP contribution is 2.60. The minimum Gasteiger partial charge on any atom is -0.496 e. The fraction of sp³-hybridized carbons (Fsp3) is 0.355. The van der Waals surface area contributed by atoms with Crippen LogP contribution in [0.15, 0.2) is 60.7 Å². The number of benzene rings is 3. The topological polar surface area (TPSA) is 104 Å². The van der Waals surface area contributed by atoms with Crippen molar-refractivity contribution in [2.75, 3.05) is 34.4 Å². The molecule has 2 N–H and O–H groups in total. The molecule has 1 aliphatic heterocycles. The lowest BCUT2D eigenvalue weighted by Crippen LogP contribution is -2.55. The minimum absolute atomic E-state index is 0.278. The maximum atomic E-state index is 14.5. The highest BCUT2D eigenvalue weighted by Gasteiger charge is 2.59. The molecule has 1 aliphatic carbocycles. The number of nitriles is 1. The van der Waals surface area contributed by atoms with E-state index in [1.807, 2.05) is 6.07 Å². The first-order valence-electron chi connectivity index (χ1n) is 13.2. The normalized spacial score (nSPS) is 23.6. The third kappa shape index (κ3) is 4.69. The van der Waals surface area contributed by atoms with E-state index < -0.39 is 29.3 Å². The molecule has 0 radical (unpaired) electrons. The van der Waals surface area contributed by atoms with Gasteiger partial charge < -0.3 is 29.5 Å². The molecule has 0 spiro atoms. The van der Waals surface area contributed by atoms with E-state index in [-0.39, 0.29) is 6.03 Å². The predicted molar refractivity (Wildman–Crippen MR) is 146 cm³/mol. The van der Waals surface area contributed by atoms with Crippen molar-refractivity contribution in [2.45, 2.75) is 36.3 Å². The number of hydrogen-bond donors (Lipinski definition) is 2. The van der Waals surface area contributed by atoms with Gasteiger partial charge in [0.25, 0.3) is 0 Å². The van der Waals surface area contributed by atoms with Crippen molar-refractivity contribution < 1.29 is 28.5 Å². The molecule has 2 aliphatic rings. The van der Waals surface area contributed by atoms with Crippen LogP contribution in [-0.4, -0.2) is 56.5 Å². The van der Waals surface area contributed by atoms with Gasteiger partial charge in [-0.15, -0.1) is 0 Å². The summed E-state index contributed by atoms with van der Waals surface area (Å²) in [4.78, 5) is 14.9. The summed E-state index contributed by atoms with van der Waals surface area (Å²) in [6.45, 7) is 1.27. The summed E-state index contributed by atoms with van der Waals surface area (Å²) in [7, 11) is 4.50. The third-order valence-electron chi connectivity index (χ3n) is 8.13. The Kier molecular flexibility index (Phi) is 7.55. The zero-order valence-corrected chi connectivity index (χ0v) is 22.7. The quantitative estimate of drug-likeness (QED) is 0.447. The van der Waals surface area contributed by atoms with Gasteiger partial charge in [-0.05, 0) is 54.2 Å². The van der Waals surface area contributed by atoms with Crippen LogP contribution in [0, 0.1) is 17.1 Å². The van der Waals surface area contributed by atoms with Crippen LogP contribution in [0.2, 0.25) is 0 Å². The van der Waals surface area contributed by atoms with Gasteiger partial charge in [-0.25, -0.2) is 9.18 Å². The molecule has 4 atom stereocenters. The van der Waals surface area contributed by atoms with Crippen LogP contribution in [0.5, 0.6) is 17.2 Å². The van der Waals surface area contributed by atoms with Crippen molar-refractivity contribution >= 4 is 6.03 Å². The second-order valence-electron chi connectivity index (χ2n) is 10.2. The summed E-state index contributed by atoms with van der Waals surface area (Å²) in [6.07, 6.45) is 1.23. The lowest BCUT2D eigenvalue weighted by molar-refractivity contribution is -0.00500. The van der Waals surface area contributed by atoms with Crippen molar-refractivity contribution in [2.24, 2.45) is 0 Å². The summed E-state index contributed by atoms with van der Waals surface area (Å²) >= 11 is 0. The fourth-order valence-electron chi connectivity index (χ4n) is 6.07. The van der Waals surface area contributed by atoms with Gasteiger partial charge in [0.2, 0.25) is 0 Å². The molecule has 5 rings (SSSR count). The number of rotatable bonds is 7. The number of amides is 2. The molecule has 0 unspecified atom stereocenters. The number of nitrogens with one attached hydrogen (secondary N) is 1. The molecule has 208 valence electrons. The standard InChI is InChI=1S/C31H32FN3O5/c1-38-23-15-25(39-2)29(26(16-23)40-3)31(37)27(34-30(36)35-12-5-13-35)17-24(21-6-4-7-22(32)14-21)28(31)20-10-8-19(18-33)9-11-20/h4,6-11,14-16,24,27-28,37H,5,12-13,17H2,1-3H3,(H,34,36)/t24-,27-,28+,31-/m0/s1. The molecule has 40 heavy (non-hydrogen) atoms. The molecule has 1 saturated heterocycles. The zero-order chi connectivity index (χ0) is 28.4. The van der Waals surface area contributed by atoms with Crippen molar-refractivity contribution in [3.8, 4) is 23.3 Å². The number of likely N-dealkylation sites (tertiary alicyclic amines) is 1. The first-order valence-corrected chi connectivity index (χ1v) is 13.2. The SMILES string of the molecule is COc1cc(OC)c([C@]2(O)[C@@H](NC(=O)N3CCC3)C[C@@H](c3cccc(F)c3)[C@H]2c2ccc(C#N)cc2)c(OC)c1. The van der Waals surface area contributed by atoms with E-state index in [9.17, 15) is 19.6 Å². The van der Waals surface area contributed by atoms with Crippen LogP contribution in [-0.2, 0) is 5.60 Å². The highest BCUT2D eigenvalue weighted by atomic mass is 19.1. The molecule has 8 nitrogen and oxygen atoms in total. The number of aliphatic hydroxyl groups is 1. The van der Waals surface area contributed by atoms with Crippen LogP contribution in [0.1, 0.15) is 46.9 Å². The van der Waals surface area contributed by atoms with E-state index in [2.05, 4.69) is 11.4 Å². The van der Waals surface area contributed by atoms with Gasteiger partial charge in [0.1, 0.15) is 28.7 Å². The first kappa shape index (κ1) is 27.3. The van der Waals surface area contributed by atoms with E-state index >= 15 is 0 Å². The van der Waals surface area contributed by atoms with Gasteiger partial charge in [0, 0.05) is 31.1 Å². The Morgan fingerprint density at radius 1 is 1.02 bits per heavy atom. The van der Waals surface area contributed by atoms with Crippen molar-refractivity contribution in [3.63, 3.8) is 0 Å². The Bertz CT molecular complexity index is 1410. The Labute approximate surface area is 232 Å². The van der Waals surface area contributed by atoms with Gasteiger partial charge in [-0.2, -0.15) is 5.26 Å². The average Bonchev–Trinajstić information content (AvgIpc) is 3.23. The molecule has 3 aromatic carbocycles. The number of hydrogen-bond acceptors (Lipinski definition) is 6. The number of methoxy groups -OCH3 is 3.